The van der Waals surface area contributed by atoms with Crippen LogP contribution in [0.3, 0.4) is 0 Å². The topological polar surface area (TPSA) is 75.7 Å². The van der Waals surface area contributed by atoms with Crippen LogP contribution in [0.1, 0.15) is 11.1 Å². The van der Waals surface area contributed by atoms with Gasteiger partial charge in [-0.1, -0.05) is 30.3 Å². The molecule has 1 N–H and O–H groups in total. The fourth-order valence-electron chi connectivity index (χ4n) is 3.11. The largest absolute Gasteiger partial charge is 0.496 e. The Morgan fingerprint density at radius 3 is 2.38 bits per heavy atom. The third kappa shape index (κ3) is 5.49. The minimum absolute atomic E-state index is 0.00695. The Labute approximate surface area is 185 Å². The van der Waals surface area contributed by atoms with Crippen molar-refractivity contribution < 1.29 is 26.7 Å². The molecule has 32 heavy (non-hydrogen) atoms. The minimum atomic E-state index is -4.09. The fraction of sp³-hybridized carbons (Fsp3) is 0.174. The van der Waals surface area contributed by atoms with E-state index in [1.54, 1.807) is 37.3 Å². The molecule has 0 bridgehead atoms. The zero-order valence-electron chi connectivity index (χ0n) is 17.5. The van der Waals surface area contributed by atoms with Gasteiger partial charge in [-0.15, -0.1) is 0 Å². The first-order valence-electron chi connectivity index (χ1n) is 9.64. The van der Waals surface area contributed by atoms with E-state index < -0.39 is 34.1 Å². The Morgan fingerprint density at radius 2 is 1.75 bits per heavy atom. The summed E-state index contributed by atoms with van der Waals surface area (Å²) in [6, 6.07) is 15.9. The molecule has 0 aliphatic heterocycles. The predicted molar refractivity (Wildman–Crippen MR) is 117 cm³/mol. The summed E-state index contributed by atoms with van der Waals surface area (Å²) in [5, 5.41) is 2.30. The Morgan fingerprint density at radius 1 is 1.03 bits per heavy atom. The molecular formula is C23H22F2N2O4S. The maximum Gasteiger partial charge on any atom is 0.243 e. The molecule has 0 saturated carbocycles. The molecule has 1 amide bonds. The summed E-state index contributed by atoms with van der Waals surface area (Å²) < 4.78 is 60.0. The number of anilines is 1. The van der Waals surface area contributed by atoms with E-state index in [-0.39, 0.29) is 17.1 Å². The van der Waals surface area contributed by atoms with Crippen molar-refractivity contribution in [2.24, 2.45) is 0 Å². The highest BCUT2D eigenvalue weighted by Crippen LogP contribution is 2.25. The zero-order chi connectivity index (χ0) is 23.3. The van der Waals surface area contributed by atoms with Crippen LogP contribution in [0.2, 0.25) is 0 Å². The number of nitrogens with one attached hydrogen (secondary N) is 1. The number of amides is 1. The monoisotopic (exact) mass is 460 g/mol. The van der Waals surface area contributed by atoms with Gasteiger partial charge in [0, 0.05) is 12.6 Å². The molecule has 168 valence electrons. The van der Waals surface area contributed by atoms with Gasteiger partial charge in [0.2, 0.25) is 15.9 Å². The molecule has 0 aromatic heterocycles. The summed E-state index contributed by atoms with van der Waals surface area (Å²) in [5.41, 5.74) is 1.04. The summed E-state index contributed by atoms with van der Waals surface area (Å²) in [7, 11) is -2.60. The molecule has 9 heteroatoms. The van der Waals surface area contributed by atoms with Gasteiger partial charge in [0.25, 0.3) is 0 Å². The lowest BCUT2D eigenvalue weighted by molar-refractivity contribution is -0.116. The number of hydrogen-bond donors (Lipinski definition) is 1. The van der Waals surface area contributed by atoms with Gasteiger partial charge in [0.1, 0.15) is 17.4 Å². The molecule has 0 radical (unpaired) electrons. The summed E-state index contributed by atoms with van der Waals surface area (Å²) in [6.07, 6.45) is 0. The molecular weight excluding hydrogens is 438 g/mol. The van der Waals surface area contributed by atoms with Gasteiger partial charge in [-0.2, -0.15) is 4.31 Å². The number of benzene rings is 3. The molecule has 3 aromatic carbocycles. The lowest BCUT2D eigenvalue weighted by Crippen LogP contribution is -2.37. The van der Waals surface area contributed by atoms with E-state index in [0.29, 0.717) is 22.9 Å². The summed E-state index contributed by atoms with van der Waals surface area (Å²) >= 11 is 0. The molecule has 3 aromatic rings. The second kappa shape index (κ2) is 9.88. The van der Waals surface area contributed by atoms with E-state index >= 15 is 0 Å². The highest BCUT2D eigenvalue weighted by Gasteiger charge is 2.28. The van der Waals surface area contributed by atoms with Crippen molar-refractivity contribution in [2.75, 3.05) is 19.0 Å². The number of carbonyl (C=O) groups is 1. The van der Waals surface area contributed by atoms with Crippen LogP contribution in [0.15, 0.2) is 71.6 Å². The van der Waals surface area contributed by atoms with Crippen LogP contribution in [0, 0.1) is 18.6 Å². The molecule has 3 rings (SSSR count). The average Bonchev–Trinajstić information content (AvgIpc) is 2.76. The first-order chi connectivity index (χ1) is 15.2. The van der Waals surface area contributed by atoms with Crippen molar-refractivity contribution in [2.45, 2.75) is 18.4 Å². The Hall–Kier alpha value is -3.30. The van der Waals surface area contributed by atoms with E-state index in [1.165, 1.54) is 25.3 Å². The average molecular weight is 461 g/mol. The highest BCUT2D eigenvalue weighted by atomic mass is 32.2. The van der Waals surface area contributed by atoms with Crippen molar-refractivity contribution in [3.63, 3.8) is 0 Å². The SMILES string of the molecule is COc1ccc(S(=O)(=O)N(CC(=O)Nc2ccc(F)cc2F)Cc2ccccc2)cc1C. The van der Waals surface area contributed by atoms with Gasteiger partial charge < -0.3 is 10.1 Å². The minimum Gasteiger partial charge on any atom is -0.496 e. The molecule has 0 aliphatic carbocycles. The van der Waals surface area contributed by atoms with Gasteiger partial charge in [0.15, 0.2) is 0 Å². The van der Waals surface area contributed by atoms with Crippen LogP contribution >= 0.6 is 0 Å². The number of aryl methyl sites for hydroxylation is 1. The lowest BCUT2D eigenvalue weighted by atomic mass is 10.2. The lowest BCUT2D eigenvalue weighted by Gasteiger charge is -2.22. The number of carbonyl (C=O) groups excluding carboxylic acids is 1. The maximum atomic E-state index is 13.9. The smallest absolute Gasteiger partial charge is 0.243 e. The molecule has 0 fully saturated rings. The fourth-order valence-corrected chi connectivity index (χ4v) is 4.58. The third-order valence-electron chi connectivity index (χ3n) is 4.73. The highest BCUT2D eigenvalue weighted by molar-refractivity contribution is 7.89. The standard InChI is InChI=1S/C23H22F2N2O4S/c1-16-12-19(9-11-22(16)31-2)32(29,30)27(14-17-6-4-3-5-7-17)15-23(28)26-21-10-8-18(24)13-20(21)25/h3-13H,14-15H2,1-2H3,(H,26,28). The summed E-state index contributed by atoms with van der Waals surface area (Å²) in [5.74, 6) is -1.98. The molecule has 6 nitrogen and oxygen atoms in total. The molecule has 0 spiro atoms. The molecule has 0 heterocycles. The van der Waals surface area contributed by atoms with Crippen LogP contribution < -0.4 is 10.1 Å². The van der Waals surface area contributed by atoms with Crippen molar-refractivity contribution in [1.82, 2.24) is 4.31 Å². The quantitative estimate of drug-likeness (QED) is 0.549. The number of ether oxygens (including phenoxy) is 1. The predicted octanol–water partition coefficient (Wildman–Crippen LogP) is 4.11. The van der Waals surface area contributed by atoms with Gasteiger partial charge in [-0.25, -0.2) is 17.2 Å². The molecule has 0 unspecified atom stereocenters. The second-order valence-corrected chi connectivity index (χ2v) is 9.00. The Balaban J connectivity index is 1.90. The zero-order valence-corrected chi connectivity index (χ0v) is 18.3. The third-order valence-corrected chi connectivity index (χ3v) is 6.52. The van der Waals surface area contributed by atoms with Crippen molar-refractivity contribution in [3.8, 4) is 5.75 Å². The summed E-state index contributed by atoms with van der Waals surface area (Å²) in [4.78, 5) is 12.6. The Kier molecular flexibility index (Phi) is 7.22. The number of halogens is 2. The van der Waals surface area contributed by atoms with Gasteiger partial charge >= 0.3 is 0 Å². The van der Waals surface area contributed by atoms with Crippen LogP contribution in [0.4, 0.5) is 14.5 Å². The van der Waals surface area contributed by atoms with Crippen LogP contribution in [-0.2, 0) is 21.4 Å². The number of methoxy groups -OCH3 is 1. The van der Waals surface area contributed by atoms with Crippen molar-refractivity contribution in [3.05, 3.63) is 89.5 Å². The van der Waals surface area contributed by atoms with Crippen LogP contribution in [0.5, 0.6) is 5.75 Å². The van der Waals surface area contributed by atoms with E-state index in [4.69, 9.17) is 4.74 Å². The molecule has 0 saturated heterocycles. The van der Waals surface area contributed by atoms with Gasteiger partial charge in [-0.05, 0) is 48.4 Å². The van der Waals surface area contributed by atoms with E-state index in [1.807, 2.05) is 0 Å². The van der Waals surface area contributed by atoms with E-state index in [2.05, 4.69) is 5.32 Å². The van der Waals surface area contributed by atoms with Crippen molar-refractivity contribution in [1.29, 1.82) is 0 Å². The van der Waals surface area contributed by atoms with Crippen LogP contribution in [-0.4, -0.2) is 32.3 Å². The van der Waals surface area contributed by atoms with Crippen molar-refractivity contribution >= 4 is 21.6 Å². The van der Waals surface area contributed by atoms with E-state index in [0.717, 1.165) is 16.4 Å². The first kappa shape index (κ1) is 23.4. The number of rotatable bonds is 8. The second-order valence-electron chi connectivity index (χ2n) is 7.06. The van der Waals surface area contributed by atoms with Gasteiger partial charge in [0.05, 0.1) is 24.2 Å². The normalized spacial score (nSPS) is 11.4. The Bertz CT molecular complexity index is 1220. The molecule has 0 aliphatic rings. The number of nitrogens with zero attached hydrogens (tertiary/aromatic N) is 1. The maximum absolute atomic E-state index is 13.9. The summed E-state index contributed by atoms with van der Waals surface area (Å²) in [6.45, 7) is 1.07. The first-order valence-corrected chi connectivity index (χ1v) is 11.1. The van der Waals surface area contributed by atoms with Crippen LogP contribution in [0.25, 0.3) is 0 Å². The number of sulfonamides is 1. The number of hydrogen-bond acceptors (Lipinski definition) is 4. The molecule has 0 atom stereocenters. The van der Waals surface area contributed by atoms with E-state index in [9.17, 15) is 22.0 Å². The van der Waals surface area contributed by atoms with Gasteiger partial charge in [-0.3, -0.25) is 4.79 Å².